The summed E-state index contributed by atoms with van der Waals surface area (Å²) >= 11 is 0. The fourth-order valence-electron chi connectivity index (χ4n) is 3.96. The van der Waals surface area contributed by atoms with Crippen molar-refractivity contribution >= 4 is 15.5 Å². The summed E-state index contributed by atoms with van der Waals surface area (Å²) in [5.74, 6) is 0.0526. The number of benzene rings is 2. The molecule has 1 heterocycles. The molecule has 6 nitrogen and oxygen atoms in total. The number of nitrogens with zero attached hydrogens (tertiary/aromatic N) is 1. The van der Waals surface area contributed by atoms with Gasteiger partial charge in [0.2, 0.25) is 0 Å². The zero-order chi connectivity index (χ0) is 20.4. The SMILES string of the molecule is CCCC[C@]1(CC)CS(=O)(=O)c2ccccc2[C@H](c2ccc([N+](=O)[O-])cc2)N1. The molecule has 2 atom stereocenters. The smallest absolute Gasteiger partial charge is 0.269 e. The Hall–Kier alpha value is -2.25. The Bertz CT molecular complexity index is 957. The number of nitro groups is 1. The molecule has 150 valence electrons. The van der Waals surface area contributed by atoms with Gasteiger partial charge in [0.15, 0.2) is 9.84 Å². The maximum absolute atomic E-state index is 13.2. The van der Waals surface area contributed by atoms with E-state index in [0.717, 1.165) is 24.8 Å². The molecule has 7 heteroatoms. The van der Waals surface area contributed by atoms with Crippen molar-refractivity contribution in [3.8, 4) is 0 Å². The lowest BCUT2D eigenvalue weighted by Gasteiger charge is -2.35. The number of unbranched alkanes of at least 4 members (excludes halogenated alkanes) is 1. The predicted molar refractivity (Wildman–Crippen MR) is 109 cm³/mol. The summed E-state index contributed by atoms with van der Waals surface area (Å²) in [6.07, 6.45) is 3.36. The fraction of sp³-hybridized carbons (Fsp3) is 0.429. The van der Waals surface area contributed by atoms with Crippen LogP contribution in [0.4, 0.5) is 5.69 Å². The number of hydrogen-bond donors (Lipinski definition) is 1. The molecule has 0 aliphatic carbocycles. The first kappa shape index (κ1) is 20.5. The zero-order valence-corrected chi connectivity index (χ0v) is 17.0. The van der Waals surface area contributed by atoms with Gasteiger partial charge in [-0.2, -0.15) is 0 Å². The van der Waals surface area contributed by atoms with Crippen molar-refractivity contribution in [3.05, 3.63) is 69.8 Å². The minimum absolute atomic E-state index is 0.0195. The molecule has 0 aromatic heterocycles. The van der Waals surface area contributed by atoms with Crippen molar-refractivity contribution in [2.45, 2.75) is 56.0 Å². The first-order valence-corrected chi connectivity index (χ1v) is 11.3. The molecule has 28 heavy (non-hydrogen) atoms. The average Bonchev–Trinajstić information content (AvgIpc) is 2.79. The minimum Gasteiger partial charge on any atom is -0.300 e. The molecule has 0 bridgehead atoms. The molecule has 0 radical (unpaired) electrons. The van der Waals surface area contributed by atoms with Crippen LogP contribution in [-0.2, 0) is 9.84 Å². The first-order valence-electron chi connectivity index (χ1n) is 9.65. The summed E-state index contributed by atoms with van der Waals surface area (Å²) in [6, 6.07) is 13.1. The second-order valence-corrected chi connectivity index (χ2v) is 9.42. The average molecular weight is 403 g/mol. The van der Waals surface area contributed by atoms with E-state index >= 15 is 0 Å². The summed E-state index contributed by atoms with van der Waals surface area (Å²) < 4.78 is 26.4. The highest BCUT2D eigenvalue weighted by Gasteiger charge is 2.41. The van der Waals surface area contributed by atoms with Crippen LogP contribution in [0.25, 0.3) is 0 Å². The van der Waals surface area contributed by atoms with E-state index < -0.39 is 20.3 Å². The number of non-ortho nitro benzene ring substituents is 1. The maximum atomic E-state index is 13.2. The molecule has 0 unspecified atom stereocenters. The van der Waals surface area contributed by atoms with Crippen molar-refractivity contribution in [1.29, 1.82) is 0 Å². The van der Waals surface area contributed by atoms with E-state index in [2.05, 4.69) is 12.2 Å². The van der Waals surface area contributed by atoms with Crippen LogP contribution in [0.1, 0.15) is 56.7 Å². The molecule has 1 N–H and O–H groups in total. The molecule has 0 spiro atoms. The van der Waals surface area contributed by atoms with Gasteiger partial charge in [-0.25, -0.2) is 8.42 Å². The molecule has 3 rings (SSSR count). The second kappa shape index (κ2) is 8.01. The van der Waals surface area contributed by atoms with E-state index in [1.807, 2.05) is 19.1 Å². The van der Waals surface area contributed by atoms with Crippen LogP contribution in [0.5, 0.6) is 0 Å². The van der Waals surface area contributed by atoms with Crippen LogP contribution in [0.3, 0.4) is 0 Å². The van der Waals surface area contributed by atoms with E-state index in [0.29, 0.717) is 16.9 Å². The maximum Gasteiger partial charge on any atom is 0.269 e. The Kier molecular flexibility index (Phi) is 5.86. The third-order valence-corrected chi connectivity index (χ3v) is 7.58. The summed E-state index contributed by atoms with van der Waals surface area (Å²) in [4.78, 5) is 10.9. The van der Waals surface area contributed by atoms with Crippen LogP contribution < -0.4 is 5.32 Å². The highest BCUT2D eigenvalue weighted by molar-refractivity contribution is 7.91. The Morgan fingerprint density at radius 2 is 1.82 bits per heavy atom. The third kappa shape index (κ3) is 3.95. The fourth-order valence-corrected chi connectivity index (χ4v) is 6.11. The van der Waals surface area contributed by atoms with Gasteiger partial charge in [0.05, 0.1) is 21.6 Å². The van der Waals surface area contributed by atoms with Gasteiger partial charge < -0.3 is 0 Å². The van der Waals surface area contributed by atoms with Crippen LogP contribution in [-0.4, -0.2) is 24.6 Å². The van der Waals surface area contributed by atoms with Crippen molar-refractivity contribution in [2.24, 2.45) is 0 Å². The largest absolute Gasteiger partial charge is 0.300 e. The van der Waals surface area contributed by atoms with Gasteiger partial charge in [0, 0.05) is 17.7 Å². The summed E-state index contributed by atoms with van der Waals surface area (Å²) in [7, 11) is -3.46. The van der Waals surface area contributed by atoms with Crippen LogP contribution in [0.2, 0.25) is 0 Å². The van der Waals surface area contributed by atoms with E-state index in [9.17, 15) is 18.5 Å². The molecular formula is C21H26N2O4S. The molecular weight excluding hydrogens is 376 g/mol. The second-order valence-electron chi connectivity index (χ2n) is 7.46. The topological polar surface area (TPSA) is 89.3 Å². The molecule has 0 saturated heterocycles. The van der Waals surface area contributed by atoms with Crippen molar-refractivity contribution in [3.63, 3.8) is 0 Å². The van der Waals surface area contributed by atoms with Crippen LogP contribution >= 0.6 is 0 Å². The molecule has 1 aliphatic heterocycles. The Morgan fingerprint density at radius 3 is 2.43 bits per heavy atom. The molecule has 1 aliphatic rings. The van der Waals surface area contributed by atoms with E-state index in [1.54, 1.807) is 24.3 Å². The highest BCUT2D eigenvalue weighted by Crippen LogP contribution is 2.38. The van der Waals surface area contributed by atoms with Gasteiger partial charge in [-0.05, 0) is 30.0 Å². The van der Waals surface area contributed by atoms with Crippen LogP contribution in [0.15, 0.2) is 53.4 Å². The molecule has 0 fully saturated rings. The number of hydrogen-bond acceptors (Lipinski definition) is 5. The molecule has 0 saturated carbocycles. The van der Waals surface area contributed by atoms with Gasteiger partial charge >= 0.3 is 0 Å². The summed E-state index contributed by atoms with van der Waals surface area (Å²) in [6.45, 7) is 4.11. The monoisotopic (exact) mass is 402 g/mol. The summed E-state index contributed by atoms with van der Waals surface area (Å²) in [5.41, 5.74) is 0.999. The highest BCUT2D eigenvalue weighted by atomic mass is 32.2. The standard InChI is InChI=1S/C21H26N2O4S/c1-3-5-14-21(4-2)15-28(26,27)19-9-7-6-8-18(19)20(22-21)16-10-12-17(13-11-16)23(24)25/h6-13,20,22H,3-5,14-15H2,1-2H3/t20-,21+/m0/s1. The lowest BCUT2D eigenvalue weighted by molar-refractivity contribution is -0.384. The number of rotatable bonds is 6. The quantitative estimate of drug-likeness (QED) is 0.571. The minimum atomic E-state index is -3.46. The lowest BCUT2D eigenvalue weighted by Crippen LogP contribution is -2.50. The Labute approximate surface area is 166 Å². The first-order chi connectivity index (χ1) is 13.3. The zero-order valence-electron chi connectivity index (χ0n) is 16.2. The van der Waals surface area contributed by atoms with Crippen molar-refractivity contribution in [2.75, 3.05) is 5.75 Å². The number of sulfone groups is 1. The molecule has 0 amide bonds. The number of nitrogens with one attached hydrogen (secondary N) is 1. The number of nitro benzene ring substituents is 1. The summed E-state index contributed by atoms with van der Waals surface area (Å²) in [5, 5.41) is 14.6. The third-order valence-electron chi connectivity index (χ3n) is 5.60. The Morgan fingerprint density at radius 1 is 1.14 bits per heavy atom. The van der Waals surface area contributed by atoms with Crippen LogP contribution in [0, 0.1) is 10.1 Å². The molecule has 2 aromatic carbocycles. The van der Waals surface area contributed by atoms with Crippen molar-refractivity contribution < 1.29 is 13.3 Å². The van der Waals surface area contributed by atoms with Crippen molar-refractivity contribution in [1.82, 2.24) is 5.32 Å². The van der Waals surface area contributed by atoms with Gasteiger partial charge in [-0.1, -0.05) is 57.0 Å². The van der Waals surface area contributed by atoms with E-state index in [4.69, 9.17) is 0 Å². The number of fused-ring (bicyclic) bond motifs is 1. The van der Waals surface area contributed by atoms with E-state index in [1.165, 1.54) is 12.1 Å². The van der Waals surface area contributed by atoms with E-state index in [-0.39, 0.29) is 17.5 Å². The van der Waals surface area contributed by atoms with Gasteiger partial charge in [-0.3, -0.25) is 15.4 Å². The lowest BCUT2D eigenvalue weighted by atomic mass is 9.88. The van der Waals surface area contributed by atoms with Gasteiger partial charge in [-0.15, -0.1) is 0 Å². The molecule has 2 aromatic rings. The normalized spacial score (nSPS) is 23.6. The Balaban J connectivity index is 2.15. The predicted octanol–water partition coefficient (Wildman–Crippen LogP) is 4.40. The van der Waals surface area contributed by atoms with Gasteiger partial charge in [0.25, 0.3) is 5.69 Å². The van der Waals surface area contributed by atoms with Gasteiger partial charge in [0.1, 0.15) is 0 Å².